The lowest BCUT2D eigenvalue weighted by atomic mass is 9.96. The van der Waals surface area contributed by atoms with Crippen LogP contribution in [0.4, 0.5) is 4.79 Å². The van der Waals surface area contributed by atoms with Gasteiger partial charge in [0.25, 0.3) is 5.24 Å². The molecule has 0 saturated heterocycles. The summed E-state index contributed by atoms with van der Waals surface area (Å²) in [6.07, 6.45) is 6.17. The molecule has 1 N–H and O–H groups in total. The normalized spacial score (nSPS) is 16.1. The first-order valence-electron chi connectivity index (χ1n) is 7.38. The van der Waals surface area contributed by atoms with Crippen molar-refractivity contribution in [2.75, 3.05) is 0 Å². The molecule has 0 heterocycles. The van der Waals surface area contributed by atoms with Crippen molar-refractivity contribution in [3.8, 4) is 5.75 Å². The predicted molar refractivity (Wildman–Crippen MR) is 83.5 cm³/mol. The number of ether oxygens (including phenoxy) is 1. The van der Waals surface area contributed by atoms with E-state index in [1.54, 1.807) is 0 Å². The van der Waals surface area contributed by atoms with E-state index in [4.69, 9.17) is 4.74 Å². The molecule has 1 aliphatic rings. The first-order chi connectivity index (χ1) is 9.63. The van der Waals surface area contributed by atoms with Gasteiger partial charge in [0.05, 0.1) is 6.10 Å². The minimum atomic E-state index is 0.0504. The van der Waals surface area contributed by atoms with Gasteiger partial charge in [0.15, 0.2) is 0 Å². The van der Waals surface area contributed by atoms with E-state index < -0.39 is 0 Å². The lowest BCUT2D eigenvalue weighted by molar-refractivity contribution is 0.242. The summed E-state index contributed by atoms with van der Waals surface area (Å²) in [5.41, 5.74) is 0. The largest absolute Gasteiger partial charge is 0.491 e. The molecule has 1 amide bonds. The molecule has 1 saturated carbocycles. The molecule has 3 nitrogen and oxygen atoms in total. The van der Waals surface area contributed by atoms with Gasteiger partial charge in [0.1, 0.15) is 5.75 Å². The molecule has 0 aliphatic heterocycles. The number of carbonyl (C=O) groups excluding carboxylic acids is 1. The quantitative estimate of drug-likeness (QED) is 0.824. The summed E-state index contributed by atoms with van der Waals surface area (Å²) in [5, 5.41) is 3.16. The van der Waals surface area contributed by atoms with Crippen molar-refractivity contribution in [2.45, 2.75) is 63.0 Å². The Hall–Kier alpha value is -1.16. The second kappa shape index (κ2) is 7.58. The smallest absolute Gasteiger partial charge is 0.284 e. The van der Waals surface area contributed by atoms with E-state index in [-0.39, 0.29) is 11.3 Å². The molecule has 0 spiro atoms. The van der Waals surface area contributed by atoms with Crippen molar-refractivity contribution in [1.29, 1.82) is 0 Å². The van der Waals surface area contributed by atoms with Crippen LogP contribution in [0.25, 0.3) is 0 Å². The third kappa shape index (κ3) is 5.08. The standard InChI is InChI=1S/C16H23NO2S/c1-12(2)19-14-8-10-15(11-9-14)20-16(18)17-13-6-4-3-5-7-13/h8-13H,3-7H2,1-2H3,(H,17,18). The van der Waals surface area contributed by atoms with Gasteiger partial charge in [0.2, 0.25) is 0 Å². The van der Waals surface area contributed by atoms with E-state index in [9.17, 15) is 4.79 Å². The molecule has 110 valence electrons. The molecular weight excluding hydrogens is 270 g/mol. The Morgan fingerprint density at radius 3 is 2.45 bits per heavy atom. The van der Waals surface area contributed by atoms with Crippen molar-refractivity contribution in [3.05, 3.63) is 24.3 Å². The van der Waals surface area contributed by atoms with Crippen molar-refractivity contribution in [1.82, 2.24) is 5.32 Å². The predicted octanol–water partition coefficient (Wildman–Crippen LogP) is 4.61. The lowest BCUT2D eigenvalue weighted by Crippen LogP contribution is -2.33. The van der Waals surface area contributed by atoms with Crippen LogP contribution in [-0.4, -0.2) is 17.4 Å². The summed E-state index contributed by atoms with van der Waals surface area (Å²) in [6.45, 7) is 4.00. The summed E-state index contributed by atoms with van der Waals surface area (Å²) in [7, 11) is 0. The van der Waals surface area contributed by atoms with Gasteiger partial charge in [-0.1, -0.05) is 19.3 Å². The Labute approximate surface area is 125 Å². The Morgan fingerprint density at radius 1 is 1.20 bits per heavy atom. The number of thioether (sulfide) groups is 1. The fraction of sp³-hybridized carbons (Fsp3) is 0.562. The van der Waals surface area contributed by atoms with Gasteiger partial charge in [-0.15, -0.1) is 0 Å². The summed E-state index contributed by atoms with van der Waals surface area (Å²) in [5.74, 6) is 0.844. The number of amides is 1. The van der Waals surface area contributed by atoms with Crippen molar-refractivity contribution < 1.29 is 9.53 Å². The molecule has 1 aromatic carbocycles. The van der Waals surface area contributed by atoms with Crippen LogP contribution < -0.4 is 10.1 Å². The summed E-state index contributed by atoms with van der Waals surface area (Å²) in [6, 6.07) is 8.06. The van der Waals surface area contributed by atoms with Crippen LogP contribution in [0, 0.1) is 0 Å². The van der Waals surface area contributed by atoms with Crippen molar-refractivity contribution >= 4 is 17.0 Å². The highest BCUT2D eigenvalue weighted by Crippen LogP contribution is 2.24. The van der Waals surface area contributed by atoms with Gasteiger partial charge in [-0.3, -0.25) is 4.79 Å². The first kappa shape index (κ1) is 15.2. The zero-order valence-corrected chi connectivity index (χ0v) is 13.0. The van der Waals surface area contributed by atoms with E-state index in [1.807, 2.05) is 38.1 Å². The number of rotatable bonds is 4. The second-order valence-electron chi connectivity index (χ2n) is 5.51. The molecule has 0 bridgehead atoms. The summed E-state index contributed by atoms with van der Waals surface area (Å²) >= 11 is 1.26. The molecule has 0 radical (unpaired) electrons. The topological polar surface area (TPSA) is 38.3 Å². The summed E-state index contributed by atoms with van der Waals surface area (Å²) in [4.78, 5) is 12.9. The molecule has 1 fully saturated rings. The van der Waals surface area contributed by atoms with Crippen LogP contribution in [0.3, 0.4) is 0 Å². The van der Waals surface area contributed by atoms with Gasteiger partial charge in [-0.2, -0.15) is 0 Å². The van der Waals surface area contributed by atoms with Crippen LogP contribution in [0.15, 0.2) is 29.2 Å². The van der Waals surface area contributed by atoms with Crippen LogP contribution in [0.1, 0.15) is 46.0 Å². The Bertz CT molecular complexity index is 425. The van der Waals surface area contributed by atoms with Crippen LogP contribution in [-0.2, 0) is 0 Å². The van der Waals surface area contributed by atoms with E-state index in [2.05, 4.69) is 5.32 Å². The van der Waals surface area contributed by atoms with Gasteiger partial charge < -0.3 is 10.1 Å². The molecule has 0 unspecified atom stereocenters. The Kier molecular flexibility index (Phi) is 5.77. The number of hydrogen-bond donors (Lipinski definition) is 1. The molecule has 20 heavy (non-hydrogen) atoms. The van der Waals surface area contributed by atoms with E-state index in [0.29, 0.717) is 6.04 Å². The van der Waals surface area contributed by atoms with Crippen LogP contribution in [0.5, 0.6) is 5.75 Å². The molecule has 4 heteroatoms. The highest BCUT2D eigenvalue weighted by Gasteiger charge is 2.16. The highest BCUT2D eigenvalue weighted by molar-refractivity contribution is 8.13. The van der Waals surface area contributed by atoms with Crippen molar-refractivity contribution in [2.24, 2.45) is 0 Å². The molecule has 0 atom stereocenters. The van der Waals surface area contributed by atoms with Gasteiger partial charge >= 0.3 is 0 Å². The fourth-order valence-corrected chi connectivity index (χ4v) is 3.12. The maximum atomic E-state index is 12.0. The van der Waals surface area contributed by atoms with Gasteiger partial charge in [-0.25, -0.2) is 0 Å². The SMILES string of the molecule is CC(C)Oc1ccc(SC(=O)NC2CCCCC2)cc1. The third-order valence-electron chi connectivity index (χ3n) is 3.33. The zero-order chi connectivity index (χ0) is 14.4. The average Bonchev–Trinajstić information content (AvgIpc) is 2.41. The molecule has 0 aromatic heterocycles. The maximum absolute atomic E-state index is 12.0. The third-order valence-corrected chi connectivity index (χ3v) is 4.14. The Balaban J connectivity index is 1.81. The summed E-state index contributed by atoms with van der Waals surface area (Å²) < 4.78 is 5.59. The maximum Gasteiger partial charge on any atom is 0.284 e. The monoisotopic (exact) mass is 293 g/mol. The second-order valence-corrected chi connectivity index (χ2v) is 6.55. The number of carbonyl (C=O) groups is 1. The fourth-order valence-electron chi connectivity index (χ4n) is 2.41. The zero-order valence-electron chi connectivity index (χ0n) is 12.2. The Morgan fingerprint density at radius 2 is 1.85 bits per heavy atom. The van der Waals surface area contributed by atoms with Crippen LogP contribution in [0.2, 0.25) is 0 Å². The first-order valence-corrected chi connectivity index (χ1v) is 8.20. The lowest BCUT2D eigenvalue weighted by Gasteiger charge is -2.22. The van der Waals surface area contributed by atoms with Gasteiger partial charge in [-0.05, 0) is 62.7 Å². The highest BCUT2D eigenvalue weighted by atomic mass is 32.2. The minimum absolute atomic E-state index is 0.0504. The van der Waals surface area contributed by atoms with E-state index >= 15 is 0 Å². The van der Waals surface area contributed by atoms with E-state index in [0.717, 1.165) is 23.5 Å². The molecule has 1 aliphatic carbocycles. The number of benzene rings is 1. The van der Waals surface area contributed by atoms with Crippen molar-refractivity contribution in [3.63, 3.8) is 0 Å². The molecular formula is C16H23NO2S. The van der Waals surface area contributed by atoms with Gasteiger partial charge in [0, 0.05) is 10.9 Å². The minimum Gasteiger partial charge on any atom is -0.491 e. The number of hydrogen-bond acceptors (Lipinski definition) is 3. The van der Waals surface area contributed by atoms with E-state index in [1.165, 1.54) is 31.0 Å². The number of nitrogens with one attached hydrogen (secondary N) is 1. The average molecular weight is 293 g/mol. The molecule has 1 aromatic rings. The van der Waals surface area contributed by atoms with Crippen LogP contribution >= 0.6 is 11.8 Å². The molecule has 2 rings (SSSR count).